The third-order valence-corrected chi connectivity index (χ3v) is 4.65. The van der Waals surface area contributed by atoms with Gasteiger partial charge in [0.25, 0.3) is 0 Å². The Morgan fingerprint density at radius 1 is 1.17 bits per heavy atom. The minimum Gasteiger partial charge on any atom is -1.00 e. The zero-order valence-corrected chi connectivity index (χ0v) is 16.3. The summed E-state index contributed by atoms with van der Waals surface area (Å²) < 4.78 is 34.2. The van der Waals surface area contributed by atoms with E-state index in [4.69, 9.17) is 9.66 Å². The molecular formula is C14H28MgO7S. The average Bonchev–Trinajstić information content (AvgIpc) is 2.40. The molecule has 0 aliphatic rings. The first-order valence-electron chi connectivity index (χ1n) is 7.54. The van der Waals surface area contributed by atoms with Crippen LogP contribution in [0.2, 0.25) is 0 Å². The van der Waals surface area contributed by atoms with Crippen LogP contribution in [0.4, 0.5) is 0 Å². The Morgan fingerprint density at radius 3 is 2.04 bits per heavy atom. The zero-order valence-electron chi connectivity index (χ0n) is 16.1. The molecule has 0 spiro atoms. The number of hydrogen-bond acceptors (Lipinski definition) is 5. The van der Waals surface area contributed by atoms with E-state index in [2.05, 4.69) is 4.18 Å². The first kappa shape index (κ1) is 24.9. The van der Waals surface area contributed by atoms with Crippen molar-refractivity contribution in [1.82, 2.24) is 0 Å². The largest absolute Gasteiger partial charge is 2.00 e. The summed E-state index contributed by atoms with van der Waals surface area (Å²) >= 11 is 0. The van der Waals surface area contributed by atoms with Gasteiger partial charge in [-0.3, -0.25) is 14.1 Å². The van der Waals surface area contributed by atoms with E-state index in [1.165, 1.54) is 0 Å². The summed E-state index contributed by atoms with van der Waals surface area (Å²) in [4.78, 5) is 23.1. The number of carbonyl (C=O) groups is 2. The van der Waals surface area contributed by atoms with Crippen LogP contribution < -0.4 is 0 Å². The van der Waals surface area contributed by atoms with Crippen molar-refractivity contribution in [2.45, 2.75) is 65.7 Å². The molecule has 0 rings (SSSR count). The summed E-state index contributed by atoms with van der Waals surface area (Å²) in [5.74, 6) is -3.53. The molecule has 0 amide bonds. The Hall–Kier alpha value is -0.384. The van der Waals surface area contributed by atoms with E-state index in [-0.39, 0.29) is 25.9 Å². The van der Waals surface area contributed by atoms with E-state index in [9.17, 15) is 18.0 Å². The number of carboxylic acid groups (broad SMARTS) is 1. The Kier molecular flexibility index (Phi) is 12.1. The molecule has 0 fully saturated rings. The fraction of sp³-hybridized carbons (Fsp3) is 0.857. The SMILES string of the molecule is CCCCCC(CC)(CC)C(CC(=O)O)C(=O)OS(=O)(=O)O.[H-].[H-].[Mg+2]. The third kappa shape index (κ3) is 8.87. The maximum atomic E-state index is 12.1. The van der Waals surface area contributed by atoms with Gasteiger partial charge in [-0.15, -0.1) is 0 Å². The van der Waals surface area contributed by atoms with Gasteiger partial charge in [0.2, 0.25) is 0 Å². The second-order valence-electron chi connectivity index (χ2n) is 5.51. The predicted molar refractivity (Wildman–Crippen MR) is 88.5 cm³/mol. The van der Waals surface area contributed by atoms with Crippen molar-refractivity contribution in [3.8, 4) is 0 Å². The molecule has 0 aliphatic heterocycles. The molecule has 7 nitrogen and oxygen atoms in total. The normalized spacial score (nSPS) is 13.0. The molecule has 0 aromatic heterocycles. The molecule has 0 radical (unpaired) electrons. The van der Waals surface area contributed by atoms with Crippen LogP contribution in [0.5, 0.6) is 0 Å². The molecule has 0 bridgehead atoms. The quantitative estimate of drug-likeness (QED) is 0.328. The second kappa shape index (κ2) is 11.2. The molecule has 134 valence electrons. The molecule has 0 aromatic rings. The molecule has 23 heavy (non-hydrogen) atoms. The van der Waals surface area contributed by atoms with Crippen LogP contribution in [0, 0.1) is 11.3 Å². The van der Waals surface area contributed by atoms with Crippen molar-refractivity contribution < 1.29 is 34.7 Å². The van der Waals surface area contributed by atoms with Gasteiger partial charge in [-0.05, 0) is 24.7 Å². The molecule has 1 atom stereocenters. The number of unbranched alkanes of at least 4 members (excludes halogenated alkanes) is 2. The first-order chi connectivity index (χ1) is 10.1. The van der Waals surface area contributed by atoms with Gasteiger partial charge in [-0.1, -0.05) is 40.0 Å². The van der Waals surface area contributed by atoms with Crippen molar-refractivity contribution in [3.05, 3.63) is 0 Å². The maximum absolute atomic E-state index is 12.1. The molecule has 1 unspecified atom stereocenters. The van der Waals surface area contributed by atoms with Gasteiger partial charge < -0.3 is 12.1 Å². The number of carboxylic acids is 1. The molecular weight excluding hydrogens is 337 g/mol. The summed E-state index contributed by atoms with van der Waals surface area (Å²) in [5, 5.41) is 9.04. The van der Waals surface area contributed by atoms with Crippen molar-refractivity contribution in [2.24, 2.45) is 11.3 Å². The monoisotopic (exact) mass is 364 g/mol. The number of hydrogen-bond donors (Lipinski definition) is 2. The fourth-order valence-electron chi connectivity index (χ4n) is 2.88. The van der Waals surface area contributed by atoms with Gasteiger partial charge in [-0.25, -0.2) is 0 Å². The van der Waals surface area contributed by atoms with Crippen LogP contribution in [-0.4, -0.2) is 53.1 Å². The van der Waals surface area contributed by atoms with Crippen molar-refractivity contribution >= 4 is 45.4 Å². The summed E-state index contributed by atoms with van der Waals surface area (Å²) in [5.41, 5.74) is -0.657. The molecule has 0 aromatic carbocycles. The minimum absolute atomic E-state index is 0. The van der Waals surface area contributed by atoms with Gasteiger partial charge in [0, 0.05) is 0 Å². The van der Waals surface area contributed by atoms with Crippen LogP contribution >= 0.6 is 0 Å². The average molecular weight is 365 g/mol. The molecule has 0 saturated heterocycles. The van der Waals surface area contributed by atoms with Crippen LogP contribution in [-0.2, 0) is 24.2 Å². The van der Waals surface area contributed by atoms with Gasteiger partial charge >= 0.3 is 45.4 Å². The molecule has 0 saturated carbocycles. The molecule has 0 heterocycles. The van der Waals surface area contributed by atoms with E-state index in [1.807, 2.05) is 20.8 Å². The van der Waals surface area contributed by atoms with Gasteiger partial charge in [0.05, 0.1) is 12.3 Å². The smallest absolute Gasteiger partial charge is 1.00 e. The van der Waals surface area contributed by atoms with Crippen molar-refractivity contribution in [3.63, 3.8) is 0 Å². The van der Waals surface area contributed by atoms with E-state index in [1.54, 1.807) is 0 Å². The maximum Gasteiger partial charge on any atom is 2.00 e. The Balaban J connectivity index is -0.000000735. The third-order valence-electron chi connectivity index (χ3n) is 4.28. The zero-order chi connectivity index (χ0) is 17.4. The summed E-state index contributed by atoms with van der Waals surface area (Å²) in [6, 6.07) is 0. The number of aliphatic carboxylic acids is 1. The van der Waals surface area contributed by atoms with Crippen LogP contribution in [0.1, 0.15) is 68.6 Å². The van der Waals surface area contributed by atoms with E-state index in [0.29, 0.717) is 19.3 Å². The predicted octanol–water partition coefficient (Wildman–Crippen LogP) is 2.65. The topological polar surface area (TPSA) is 118 Å². The van der Waals surface area contributed by atoms with Crippen LogP contribution in [0.25, 0.3) is 0 Å². The Bertz CT molecular complexity index is 482. The molecule has 9 heteroatoms. The fourth-order valence-corrected chi connectivity index (χ4v) is 3.21. The van der Waals surface area contributed by atoms with Gasteiger partial charge in [0.1, 0.15) is 0 Å². The number of carbonyl (C=O) groups excluding carboxylic acids is 1. The summed E-state index contributed by atoms with van der Waals surface area (Å²) in [6.07, 6.45) is 3.84. The van der Waals surface area contributed by atoms with Crippen molar-refractivity contribution in [1.29, 1.82) is 0 Å². The minimum atomic E-state index is -4.95. The van der Waals surface area contributed by atoms with E-state index >= 15 is 0 Å². The molecule has 0 aliphatic carbocycles. The van der Waals surface area contributed by atoms with E-state index in [0.717, 1.165) is 19.3 Å². The van der Waals surface area contributed by atoms with E-state index < -0.39 is 40.1 Å². The van der Waals surface area contributed by atoms with Gasteiger partial charge in [0.15, 0.2) is 0 Å². The van der Waals surface area contributed by atoms with Crippen LogP contribution in [0.3, 0.4) is 0 Å². The Morgan fingerprint density at radius 2 is 1.70 bits per heavy atom. The molecule has 2 N–H and O–H groups in total. The second-order valence-corrected chi connectivity index (χ2v) is 6.53. The van der Waals surface area contributed by atoms with Gasteiger partial charge in [-0.2, -0.15) is 8.42 Å². The summed E-state index contributed by atoms with van der Waals surface area (Å²) in [6.45, 7) is 5.71. The first-order valence-corrected chi connectivity index (χ1v) is 8.90. The standard InChI is InChI=1S/C14H26O7S.Mg.2H/c1-4-7-8-9-14(5-2,6-3)11(10-12(15)16)13(17)21-22(18,19)20;;;/h11H,4-10H2,1-3H3,(H,15,16)(H,18,19,20);;;/q;+2;2*-1. The summed E-state index contributed by atoms with van der Waals surface area (Å²) in [7, 11) is -4.95. The number of rotatable bonds is 11. The van der Waals surface area contributed by atoms with Crippen molar-refractivity contribution in [2.75, 3.05) is 0 Å². The van der Waals surface area contributed by atoms with Crippen LogP contribution in [0.15, 0.2) is 0 Å². The Labute approximate surface area is 157 Å².